The molecule has 0 aliphatic carbocycles. The maximum atomic E-state index is 13.1. The van der Waals surface area contributed by atoms with Gasteiger partial charge in [-0.25, -0.2) is 4.39 Å². The molecule has 1 saturated heterocycles. The van der Waals surface area contributed by atoms with Gasteiger partial charge in [-0.05, 0) is 36.8 Å². The van der Waals surface area contributed by atoms with E-state index in [9.17, 15) is 9.18 Å². The van der Waals surface area contributed by atoms with Crippen molar-refractivity contribution < 1.29 is 9.18 Å². The van der Waals surface area contributed by atoms with Gasteiger partial charge in [0, 0.05) is 44.3 Å². The zero-order chi connectivity index (χ0) is 18.8. The molecule has 0 saturated carbocycles. The van der Waals surface area contributed by atoms with Gasteiger partial charge in [-0.1, -0.05) is 6.92 Å². The topological polar surface area (TPSA) is 53.4 Å². The molecule has 2 aliphatic rings. The van der Waals surface area contributed by atoms with E-state index in [1.54, 1.807) is 0 Å². The fraction of sp³-hybridized carbons (Fsp3) is 0.500. The SMILES string of the molecule is CCC(=O)NCc1cc2n(n1)CCN([C@H]1CCN(c3ccc(F)cc3)C1)C2. The van der Waals surface area contributed by atoms with Gasteiger partial charge in [0.1, 0.15) is 5.82 Å². The van der Waals surface area contributed by atoms with E-state index in [0.29, 0.717) is 19.0 Å². The Bertz CT molecular complexity index is 803. The highest BCUT2D eigenvalue weighted by molar-refractivity contribution is 5.75. The molecule has 2 aliphatic heterocycles. The monoisotopic (exact) mass is 371 g/mol. The van der Waals surface area contributed by atoms with E-state index >= 15 is 0 Å². The summed E-state index contributed by atoms with van der Waals surface area (Å²) in [5.74, 6) is -0.140. The average molecular weight is 371 g/mol. The van der Waals surface area contributed by atoms with Crippen LogP contribution in [0.5, 0.6) is 0 Å². The molecular weight excluding hydrogens is 345 g/mol. The molecule has 144 valence electrons. The first-order chi connectivity index (χ1) is 13.1. The summed E-state index contributed by atoms with van der Waals surface area (Å²) in [6.45, 7) is 7.06. The van der Waals surface area contributed by atoms with Crippen LogP contribution in [0.15, 0.2) is 30.3 Å². The lowest BCUT2D eigenvalue weighted by atomic mass is 10.2. The van der Waals surface area contributed by atoms with Crippen LogP contribution in [0.3, 0.4) is 0 Å². The molecular formula is C20H26FN5O. The molecule has 1 amide bonds. The van der Waals surface area contributed by atoms with Crippen molar-refractivity contribution in [1.82, 2.24) is 20.0 Å². The lowest BCUT2D eigenvalue weighted by Gasteiger charge is -2.32. The van der Waals surface area contributed by atoms with Crippen LogP contribution < -0.4 is 10.2 Å². The van der Waals surface area contributed by atoms with Crippen LogP contribution in [0.25, 0.3) is 0 Å². The predicted octanol–water partition coefficient (Wildman–Crippen LogP) is 2.14. The van der Waals surface area contributed by atoms with Gasteiger partial charge >= 0.3 is 0 Å². The fourth-order valence-corrected chi connectivity index (χ4v) is 3.98. The number of anilines is 1. The summed E-state index contributed by atoms with van der Waals surface area (Å²) >= 11 is 0. The van der Waals surface area contributed by atoms with E-state index in [-0.39, 0.29) is 11.7 Å². The van der Waals surface area contributed by atoms with Gasteiger partial charge in [-0.2, -0.15) is 5.10 Å². The second-order valence-electron chi connectivity index (χ2n) is 7.32. The van der Waals surface area contributed by atoms with Crippen molar-refractivity contribution in [3.05, 3.63) is 47.5 Å². The highest BCUT2D eigenvalue weighted by Gasteiger charge is 2.30. The summed E-state index contributed by atoms with van der Waals surface area (Å²) in [6, 6.07) is 9.39. The molecule has 27 heavy (non-hydrogen) atoms. The van der Waals surface area contributed by atoms with Crippen molar-refractivity contribution in [1.29, 1.82) is 0 Å². The largest absolute Gasteiger partial charge is 0.370 e. The lowest BCUT2D eigenvalue weighted by molar-refractivity contribution is -0.120. The minimum Gasteiger partial charge on any atom is -0.370 e. The molecule has 0 bridgehead atoms. The first-order valence-electron chi connectivity index (χ1n) is 9.69. The van der Waals surface area contributed by atoms with Crippen LogP contribution in [0.4, 0.5) is 10.1 Å². The third-order valence-electron chi connectivity index (χ3n) is 5.54. The molecule has 3 heterocycles. The summed E-state index contributed by atoms with van der Waals surface area (Å²) in [6.07, 6.45) is 1.61. The number of carbonyl (C=O) groups excluding carboxylic acids is 1. The summed E-state index contributed by atoms with van der Waals surface area (Å²) in [7, 11) is 0. The van der Waals surface area contributed by atoms with Crippen LogP contribution in [0.2, 0.25) is 0 Å². The minimum absolute atomic E-state index is 0.0504. The second-order valence-corrected chi connectivity index (χ2v) is 7.32. The van der Waals surface area contributed by atoms with Gasteiger partial charge in [0.15, 0.2) is 0 Å². The van der Waals surface area contributed by atoms with Gasteiger partial charge in [-0.15, -0.1) is 0 Å². The molecule has 6 nitrogen and oxygen atoms in total. The van der Waals surface area contributed by atoms with E-state index in [1.807, 2.05) is 19.1 Å². The number of carbonyl (C=O) groups is 1. The molecule has 1 fully saturated rings. The number of hydrogen-bond acceptors (Lipinski definition) is 4. The Morgan fingerprint density at radius 3 is 2.85 bits per heavy atom. The standard InChI is InChI=1S/C20H26FN5O/c1-2-20(27)22-12-16-11-19-14-25(9-10-26(19)23-16)18-7-8-24(13-18)17-5-3-15(21)4-6-17/h3-6,11,18H,2,7-10,12-14H2,1H3,(H,22,27)/t18-/m0/s1. The maximum Gasteiger partial charge on any atom is 0.220 e. The van der Waals surface area contributed by atoms with E-state index in [0.717, 1.165) is 50.5 Å². The van der Waals surface area contributed by atoms with E-state index in [1.165, 1.54) is 17.8 Å². The normalized spacial score (nSPS) is 19.9. The van der Waals surface area contributed by atoms with Gasteiger partial charge in [-0.3, -0.25) is 14.4 Å². The Morgan fingerprint density at radius 2 is 2.07 bits per heavy atom. The van der Waals surface area contributed by atoms with Crippen LogP contribution in [0, 0.1) is 5.82 Å². The molecule has 0 unspecified atom stereocenters. The highest BCUT2D eigenvalue weighted by Crippen LogP contribution is 2.26. The number of nitrogens with one attached hydrogen (secondary N) is 1. The summed E-state index contributed by atoms with van der Waals surface area (Å²) in [4.78, 5) is 16.3. The molecule has 1 aromatic heterocycles. The van der Waals surface area contributed by atoms with Gasteiger partial charge in [0.25, 0.3) is 0 Å². The number of benzene rings is 1. The Balaban J connectivity index is 1.36. The molecule has 1 aromatic carbocycles. The van der Waals surface area contributed by atoms with Gasteiger partial charge in [0.05, 0.1) is 24.5 Å². The van der Waals surface area contributed by atoms with Crippen LogP contribution in [0.1, 0.15) is 31.2 Å². The molecule has 0 spiro atoms. The Labute approximate surface area is 158 Å². The lowest BCUT2D eigenvalue weighted by Crippen LogP contribution is -2.42. The third-order valence-corrected chi connectivity index (χ3v) is 5.54. The minimum atomic E-state index is -0.190. The predicted molar refractivity (Wildman–Crippen MR) is 102 cm³/mol. The molecule has 1 atom stereocenters. The number of aromatic nitrogens is 2. The Kier molecular flexibility index (Phi) is 5.11. The van der Waals surface area contributed by atoms with Crippen LogP contribution >= 0.6 is 0 Å². The maximum absolute atomic E-state index is 13.1. The fourth-order valence-electron chi connectivity index (χ4n) is 3.98. The van der Waals surface area contributed by atoms with Gasteiger partial charge in [0.2, 0.25) is 5.91 Å². The molecule has 1 N–H and O–H groups in total. The molecule has 7 heteroatoms. The first kappa shape index (κ1) is 18.0. The van der Waals surface area contributed by atoms with Crippen molar-refractivity contribution in [3.63, 3.8) is 0 Å². The Hall–Kier alpha value is -2.41. The van der Waals surface area contributed by atoms with Gasteiger partial charge < -0.3 is 10.2 Å². The first-order valence-corrected chi connectivity index (χ1v) is 9.69. The molecule has 2 aromatic rings. The number of halogens is 1. The number of amides is 1. The zero-order valence-corrected chi connectivity index (χ0v) is 15.7. The summed E-state index contributed by atoms with van der Waals surface area (Å²) < 4.78 is 15.2. The zero-order valence-electron chi connectivity index (χ0n) is 15.7. The smallest absolute Gasteiger partial charge is 0.220 e. The second kappa shape index (κ2) is 7.68. The van der Waals surface area contributed by atoms with E-state index in [2.05, 4.69) is 31.0 Å². The van der Waals surface area contributed by atoms with E-state index < -0.39 is 0 Å². The van der Waals surface area contributed by atoms with Crippen molar-refractivity contribution in [2.75, 3.05) is 24.5 Å². The average Bonchev–Trinajstić information content (AvgIpc) is 3.33. The van der Waals surface area contributed by atoms with Crippen molar-refractivity contribution in [3.8, 4) is 0 Å². The molecule has 4 rings (SSSR count). The van der Waals surface area contributed by atoms with Crippen LogP contribution in [-0.4, -0.2) is 46.3 Å². The van der Waals surface area contributed by atoms with Crippen molar-refractivity contribution in [2.24, 2.45) is 0 Å². The Morgan fingerprint density at radius 1 is 1.26 bits per heavy atom. The van der Waals surface area contributed by atoms with Crippen LogP contribution in [-0.2, 0) is 24.4 Å². The quantitative estimate of drug-likeness (QED) is 0.875. The number of fused-ring (bicyclic) bond motifs is 1. The highest BCUT2D eigenvalue weighted by atomic mass is 19.1. The summed E-state index contributed by atoms with van der Waals surface area (Å²) in [5, 5.41) is 7.51. The number of rotatable bonds is 5. The third kappa shape index (κ3) is 3.98. The summed E-state index contributed by atoms with van der Waals surface area (Å²) in [5.41, 5.74) is 3.23. The van der Waals surface area contributed by atoms with E-state index in [4.69, 9.17) is 0 Å². The van der Waals surface area contributed by atoms with Crippen molar-refractivity contribution in [2.45, 2.75) is 45.4 Å². The number of nitrogens with zero attached hydrogens (tertiary/aromatic N) is 4. The number of hydrogen-bond donors (Lipinski definition) is 1. The molecule has 0 radical (unpaired) electrons. The van der Waals surface area contributed by atoms with Crippen molar-refractivity contribution >= 4 is 11.6 Å².